The highest BCUT2D eigenvalue weighted by atomic mass is 19.4. The van der Waals surface area contributed by atoms with E-state index in [0.29, 0.717) is 29.2 Å². The van der Waals surface area contributed by atoms with Crippen molar-refractivity contribution in [2.45, 2.75) is 45.5 Å². The maximum absolute atomic E-state index is 12.5. The van der Waals surface area contributed by atoms with E-state index in [4.69, 9.17) is 5.73 Å². The smallest absolute Gasteiger partial charge is 0.406 e. The fourth-order valence-electron chi connectivity index (χ4n) is 3.40. The first-order chi connectivity index (χ1) is 11.7. The van der Waals surface area contributed by atoms with E-state index in [2.05, 4.69) is 9.30 Å². The number of primary amides is 1. The average molecular weight is 352 g/mol. The number of nitrogens with zero attached hydrogens (tertiary/aromatic N) is 1. The van der Waals surface area contributed by atoms with Crippen LogP contribution in [0.25, 0.3) is 11.1 Å². The van der Waals surface area contributed by atoms with Gasteiger partial charge in [0, 0.05) is 23.0 Å². The number of benzene rings is 1. The molecule has 1 amide bonds. The molecule has 134 valence electrons. The van der Waals surface area contributed by atoms with Gasteiger partial charge in [0.15, 0.2) is 0 Å². The predicted octanol–water partition coefficient (Wildman–Crippen LogP) is 4.36. The molecule has 0 atom stereocenters. The summed E-state index contributed by atoms with van der Waals surface area (Å²) in [4.78, 5) is 12.1. The van der Waals surface area contributed by atoms with Crippen LogP contribution in [0.2, 0.25) is 0 Å². The Kier molecular flexibility index (Phi) is 4.26. The Bertz CT molecular complexity index is 820. The maximum atomic E-state index is 12.5. The number of halogens is 3. The van der Waals surface area contributed by atoms with Crippen molar-refractivity contribution in [2.75, 3.05) is 0 Å². The molecule has 7 heteroatoms. The lowest BCUT2D eigenvalue weighted by Crippen LogP contribution is -2.17. The molecule has 1 aliphatic rings. The quantitative estimate of drug-likeness (QED) is 0.869. The van der Waals surface area contributed by atoms with Crippen LogP contribution in [0.1, 0.15) is 47.6 Å². The van der Waals surface area contributed by atoms with Crippen molar-refractivity contribution < 1.29 is 22.7 Å². The summed E-state index contributed by atoms with van der Waals surface area (Å²) in [5.41, 5.74) is 8.74. The molecule has 0 unspecified atom stereocenters. The summed E-state index contributed by atoms with van der Waals surface area (Å²) in [6, 6.07) is 6.00. The number of hydrogen-bond donors (Lipinski definition) is 1. The van der Waals surface area contributed by atoms with Crippen molar-refractivity contribution in [3.63, 3.8) is 0 Å². The summed E-state index contributed by atoms with van der Waals surface area (Å²) in [5, 5.41) is 0. The number of carbonyl (C=O) groups is 1. The van der Waals surface area contributed by atoms with E-state index in [1.165, 1.54) is 18.2 Å². The third kappa shape index (κ3) is 3.36. The monoisotopic (exact) mass is 352 g/mol. The summed E-state index contributed by atoms with van der Waals surface area (Å²) >= 11 is 0. The molecule has 1 aromatic heterocycles. The van der Waals surface area contributed by atoms with Gasteiger partial charge in [-0.25, -0.2) is 0 Å². The van der Waals surface area contributed by atoms with Gasteiger partial charge in [-0.1, -0.05) is 19.1 Å². The highest BCUT2D eigenvalue weighted by molar-refractivity contribution is 6.02. The van der Waals surface area contributed by atoms with Crippen molar-refractivity contribution >= 4 is 5.91 Å². The van der Waals surface area contributed by atoms with Crippen LogP contribution in [-0.2, 0) is 6.42 Å². The number of hydrogen-bond acceptors (Lipinski definition) is 2. The Morgan fingerprint density at radius 2 is 2.04 bits per heavy atom. The van der Waals surface area contributed by atoms with Crippen LogP contribution in [0.3, 0.4) is 0 Å². The van der Waals surface area contributed by atoms with E-state index in [-0.39, 0.29) is 5.75 Å². The Balaban J connectivity index is 2.18. The highest BCUT2D eigenvalue weighted by Crippen LogP contribution is 2.43. The van der Waals surface area contributed by atoms with Crippen LogP contribution < -0.4 is 10.5 Å². The van der Waals surface area contributed by atoms with Gasteiger partial charge in [-0.15, -0.1) is 13.2 Å². The largest absolute Gasteiger partial charge is 0.573 e. The molecule has 0 aliphatic heterocycles. The highest BCUT2D eigenvalue weighted by Gasteiger charge is 2.33. The molecule has 0 spiro atoms. The first kappa shape index (κ1) is 17.4. The topological polar surface area (TPSA) is 57.2 Å². The van der Waals surface area contributed by atoms with Gasteiger partial charge in [0.2, 0.25) is 0 Å². The van der Waals surface area contributed by atoms with Gasteiger partial charge < -0.3 is 15.0 Å². The van der Waals surface area contributed by atoms with Gasteiger partial charge in [0.25, 0.3) is 5.91 Å². The first-order valence-electron chi connectivity index (χ1n) is 8.12. The third-order valence-electron chi connectivity index (χ3n) is 4.40. The predicted molar refractivity (Wildman–Crippen MR) is 87.5 cm³/mol. The van der Waals surface area contributed by atoms with E-state index >= 15 is 0 Å². The molecule has 0 bridgehead atoms. The molecule has 2 N–H and O–H groups in total. The Morgan fingerprint density at radius 3 is 2.56 bits per heavy atom. The lowest BCUT2D eigenvalue weighted by atomic mass is 9.98. The fraction of sp³-hybridized carbons (Fsp3) is 0.389. The zero-order chi connectivity index (χ0) is 18.4. The SMILES string of the molecule is CCc1c(-c2cccc(OC(F)(F)F)c2)c(C(N)=O)c(C)n1C1CC1. The van der Waals surface area contributed by atoms with Crippen LogP contribution in [0.5, 0.6) is 5.75 Å². The van der Waals surface area contributed by atoms with Crippen molar-refractivity contribution in [2.24, 2.45) is 5.73 Å². The van der Waals surface area contributed by atoms with Gasteiger partial charge in [-0.2, -0.15) is 0 Å². The molecule has 3 rings (SSSR count). The molecular weight excluding hydrogens is 333 g/mol. The maximum Gasteiger partial charge on any atom is 0.573 e. The lowest BCUT2D eigenvalue weighted by molar-refractivity contribution is -0.274. The number of carbonyl (C=O) groups excluding carboxylic acids is 1. The average Bonchev–Trinajstić information content (AvgIpc) is 3.28. The van der Waals surface area contributed by atoms with E-state index in [0.717, 1.165) is 24.2 Å². The van der Waals surface area contributed by atoms with Gasteiger partial charge in [0.1, 0.15) is 5.75 Å². The Labute approximate surface area is 143 Å². The zero-order valence-electron chi connectivity index (χ0n) is 14.0. The second kappa shape index (κ2) is 6.13. The van der Waals surface area contributed by atoms with Crippen molar-refractivity contribution in [1.29, 1.82) is 0 Å². The second-order valence-electron chi connectivity index (χ2n) is 6.18. The Hall–Kier alpha value is -2.44. The van der Waals surface area contributed by atoms with Crippen LogP contribution in [0.4, 0.5) is 13.2 Å². The van der Waals surface area contributed by atoms with Crippen LogP contribution in [0, 0.1) is 6.92 Å². The molecule has 1 fully saturated rings. The number of alkyl halides is 3. The van der Waals surface area contributed by atoms with E-state index in [9.17, 15) is 18.0 Å². The number of ether oxygens (including phenoxy) is 1. The molecule has 4 nitrogen and oxygen atoms in total. The van der Waals surface area contributed by atoms with Crippen molar-refractivity contribution in [3.05, 3.63) is 41.2 Å². The zero-order valence-corrected chi connectivity index (χ0v) is 14.0. The normalized spacial score (nSPS) is 14.6. The fourth-order valence-corrected chi connectivity index (χ4v) is 3.40. The summed E-state index contributed by atoms with van der Waals surface area (Å²) < 4.78 is 43.6. The lowest BCUT2D eigenvalue weighted by Gasteiger charge is -2.12. The summed E-state index contributed by atoms with van der Waals surface area (Å²) in [6.07, 6.45) is -2.08. The minimum atomic E-state index is -4.77. The number of aromatic nitrogens is 1. The molecule has 1 aliphatic carbocycles. The van der Waals surface area contributed by atoms with Gasteiger partial charge >= 0.3 is 6.36 Å². The van der Waals surface area contributed by atoms with E-state index in [1.807, 2.05) is 13.8 Å². The van der Waals surface area contributed by atoms with Crippen molar-refractivity contribution in [1.82, 2.24) is 4.57 Å². The third-order valence-corrected chi connectivity index (χ3v) is 4.40. The summed E-state index contributed by atoms with van der Waals surface area (Å²) in [6.45, 7) is 3.79. The molecule has 0 saturated heterocycles. The summed E-state index contributed by atoms with van der Waals surface area (Å²) in [5.74, 6) is -0.900. The molecular formula is C18H19F3N2O2. The minimum absolute atomic E-state index is 0.320. The molecule has 0 radical (unpaired) electrons. The van der Waals surface area contributed by atoms with Crippen molar-refractivity contribution in [3.8, 4) is 16.9 Å². The summed E-state index contributed by atoms with van der Waals surface area (Å²) in [7, 11) is 0. The van der Waals surface area contributed by atoms with Gasteiger partial charge in [0.05, 0.1) is 5.56 Å². The number of amides is 1. The standard InChI is InChI=1S/C18H19F3N2O2/c1-3-14-16(11-5-4-6-13(9-11)25-18(19,20)21)15(17(22)24)10(2)23(14)12-7-8-12/h4-6,9,12H,3,7-8H2,1-2H3,(H2,22,24). The van der Waals surface area contributed by atoms with Crippen LogP contribution in [-0.4, -0.2) is 16.8 Å². The number of nitrogens with two attached hydrogens (primary N) is 1. The van der Waals surface area contributed by atoms with Gasteiger partial charge in [-0.3, -0.25) is 4.79 Å². The minimum Gasteiger partial charge on any atom is -0.406 e. The second-order valence-corrected chi connectivity index (χ2v) is 6.18. The molecule has 25 heavy (non-hydrogen) atoms. The van der Waals surface area contributed by atoms with Crippen LogP contribution >= 0.6 is 0 Å². The molecule has 2 aromatic rings. The first-order valence-corrected chi connectivity index (χ1v) is 8.12. The van der Waals surface area contributed by atoms with Gasteiger partial charge in [-0.05, 0) is 43.9 Å². The van der Waals surface area contributed by atoms with E-state index < -0.39 is 12.3 Å². The Morgan fingerprint density at radius 1 is 1.36 bits per heavy atom. The molecule has 1 heterocycles. The molecule has 1 aromatic carbocycles. The van der Waals surface area contributed by atoms with E-state index in [1.54, 1.807) is 6.07 Å². The number of rotatable bonds is 5. The molecule has 1 saturated carbocycles. The van der Waals surface area contributed by atoms with Crippen LogP contribution in [0.15, 0.2) is 24.3 Å².